The molecule has 1 aromatic heterocycles. The number of aryl methyl sites for hydroxylation is 1. The van der Waals surface area contributed by atoms with Gasteiger partial charge in [-0.3, -0.25) is 9.58 Å². The van der Waals surface area contributed by atoms with Gasteiger partial charge in [-0.05, 0) is 31.3 Å². The number of hydrogen-bond acceptors (Lipinski definition) is 4. The van der Waals surface area contributed by atoms with E-state index in [1.807, 2.05) is 17.9 Å². The molecule has 2 aliphatic heterocycles. The maximum absolute atomic E-state index is 3.98. The van der Waals surface area contributed by atoms with Crippen LogP contribution >= 0.6 is 12.4 Å². The molecule has 1 N–H and O–H groups in total. The molecule has 2 saturated heterocycles. The third-order valence-corrected chi connectivity index (χ3v) is 4.04. The Morgan fingerprint density at radius 3 is 3.00 bits per heavy atom. The minimum atomic E-state index is 0. The second kappa shape index (κ2) is 4.92. The van der Waals surface area contributed by atoms with E-state index >= 15 is 0 Å². The molecule has 17 heavy (non-hydrogen) atoms. The van der Waals surface area contributed by atoms with Crippen molar-refractivity contribution < 1.29 is 0 Å². The summed E-state index contributed by atoms with van der Waals surface area (Å²) in [6.45, 7) is 5.83. The lowest BCUT2D eigenvalue weighted by molar-refractivity contribution is 0.263. The average Bonchev–Trinajstić information content (AvgIpc) is 2.96. The van der Waals surface area contributed by atoms with Gasteiger partial charge in [0.2, 0.25) is 0 Å². The molecule has 6 heteroatoms. The van der Waals surface area contributed by atoms with Crippen molar-refractivity contribution in [2.24, 2.45) is 12.5 Å². The van der Waals surface area contributed by atoms with E-state index in [9.17, 15) is 0 Å². The van der Waals surface area contributed by atoms with Crippen LogP contribution in [0, 0.1) is 5.41 Å². The number of rotatable bonds is 2. The number of hydrogen-bond donors (Lipinski definition) is 1. The normalized spacial score (nSPS) is 28.8. The molecular formula is C11H20ClN5. The van der Waals surface area contributed by atoms with Crippen LogP contribution in [-0.4, -0.2) is 46.1 Å². The SMILES string of the molecule is Cl.Cn1nncc1CN1CCC2(CCNC2)C1. The van der Waals surface area contributed by atoms with Gasteiger partial charge in [0.15, 0.2) is 0 Å². The fourth-order valence-corrected chi connectivity index (χ4v) is 2.99. The van der Waals surface area contributed by atoms with Gasteiger partial charge >= 0.3 is 0 Å². The van der Waals surface area contributed by atoms with Gasteiger partial charge in [0.1, 0.15) is 0 Å². The second-order valence-corrected chi connectivity index (χ2v) is 5.24. The van der Waals surface area contributed by atoms with Crippen LogP contribution in [0.1, 0.15) is 18.5 Å². The lowest BCUT2D eigenvalue weighted by Gasteiger charge is -2.22. The van der Waals surface area contributed by atoms with Crippen molar-refractivity contribution in [1.29, 1.82) is 0 Å². The minimum Gasteiger partial charge on any atom is -0.316 e. The highest BCUT2D eigenvalue weighted by Gasteiger charge is 2.40. The zero-order valence-corrected chi connectivity index (χ0v) is 11.0. The number of nitrogens with one attached hydrogen (secondary N) is 1. The third kappa shape index (κ3) is 2.46. The molecule has 3 rings (SSSR count). The molecule has 1 aromatic rings. The van der Waals surface area contributed by atoms with E-state index in [4.69, 9.17) is 0 Å². The van der Waals surface area contributed by atoms with E-state index in [0.717, 1.165) is 6.54 Å². The average molecular weight is 258 g/mol. The van der Waals surface area contributed by atoms with Crippen LogP contribution < -0.4 is 5.32 Å². The van der Waals surface area contributed by atoms with E-state index in [1.165, 1.54) is 44.7 Å². The van der Waals surface area contributed by atoms with Crippen LogP contribution in [0.15, 0.2) is 6.20 Å². The molecule has 0 saturated carbocycles. The number of halogens is 1. The minimum absolute atomic E-state index is 0. The molecule has 0 radical (unpaired) electrons. The predicted octanol–water partition coefficient (Wildman–Crippen LogP) is 0.422. The predicted molar refractivity (Wildman–Crippen MR) is 68.1 cm³/mol. The maximum atomic E-state index is 3.98. The van der Waals surface area contributed by atoms with Crippen LogP contribution in [0.5, 0.6) is 0 Å². The fraction of sp³-hybridized carbons (Fsp3) is 0.818. The van der Waals surface area contributed by atoms with Gasteiger partial charge < -0.3 is 5.32 Å². The van der Waals surface area contributed by atoms with Gasteiger partial charge in [0, 0.05) is 26.7 Å². The summed E-state index contributed by atoms with van der Waals surface area (Å²) in [7, 11) is 1.96. The number of nitrogens with zero attached hydrogens (tertiary/aromatic N) is 4. The van der Waals surface area contributed by atoms with Gasteiger partial charge in [-0.15, -0.1) is 17.5 Å². The first-order valence-electron chi connectivity index (χ1n) is 6.04. The Bertz CT molecular complexity index is 372. The molecule has 5 nitrogen and oxygen atoms in total. The molecule has 0 aromatic carbocycles. The van der Waals surface area contributed by atoms with Crippen LogP contribution in [0.25, 0.3) is 0 Å². The highest BCUT2D eigenvalue weighted by atomic mass is 35.5. The van der Waals surface area contributed by atoms with Crippen LogP contribution in [0.3, 0.4) is 0 Å². The van der Waals surface area contributed by atoms with E-state index in [-0.39, 0.29) is 12.4 Å². The first-order chi connectivity index (χ1) is 7.77. The molecular weight excluding hydrogens is 238 g/mol. The number of aromatic nitrogens is 3. The monoisotopic (exact) mass is 257 g/mol. The topological polar surface area (TPSA) is 46.0 Å². The number of likely N-dealkylation sites (tertiary alicyclic amines) is 1. The van der Waals surface area contributed by atoms with Crippen molar-refractivity contribution in [3.8, 4) is 0 Å². The molecule has 1 unspecified atom stereocenters. The molecule has 1 spiro atoms. The van der Waals surface area contributed by atoms with Gasteiger partial charge in [-0.25, -0.2) is 0 Å². The Morgan fingerprint density at radius 1 is 1.47 bits per heavy atom. The van der Waals surface area contributed by atoms with Crippen LogP contribution in [-0.2, 0) is 13.6 Å². The third-order valence-electron chi connectivity index (χ3n) is 4.04. The largest absolute Gasteiger partial charge is 0.316 e. The summed E-state index contributed by atoms with van der Waals surface area (Å²) in [5, 5.41) is 11.4. The molecule has 0 aliphatic carbocycles. The Labute approximate surface area is 108 Å². The van der Waals surface area contributed by atoms with E-state index in [1.54, 1.807) is 0 Å². The molecule has 96 valence electrons. The second-order valence-electron chi connectivity index (χ2n) is 5.24. The molecule has 0 bridgehead atoms. The van der Waals surface area contributed by atoms with E-state index in [0.29, 0.717) is 5.41 Å². The Kier molecular flexibility index (Phi) is 3.70. The first kappa shape index (κ1) is 12.8. The molecule has 3 heterocycles. The van der Waals surface area contributed by atoms with Crippen molar-refractivity contribution in [3.05, 3.63) is 11.9 Å². The molecule has 2 fully saturated rings. The lowest BCUT2D eigenvalue weighted by atomic mass is 9.87. The summed E-state index contributed by atoms with van der Waals surface area (Å²) in [6, 6.07) is 0. The zero-order valence-electron chi connectivity index (χ0n) is 10.2. The van der Waals surface area contributed by atoms with Crippen molar-refractivity contribution in [2.75, 3.05) is 26.2 Å². The molecule has 1 atom stereocenters. The lowest BCUT2D eigenvalue weighted by Crippen LogP contribution is -2.29. The standard InChI is InChI=1S/C11H19N5.ClH/c1-15-10(6-13-14-15)7-16-5-3-11(9-16)2-4-12-8-11;/h6,12H,2-5,7-9H2,1H3;1H. The molecule has 2 aliphatic rings. The summed E-state index contributed by atoms with van der Waals surface area (Å²) in [5.74, 6) is 0. The summed E-state index contributed by atoms with van der Waals surface area (Å²) < 4.78 is 1.87. The summed E-state index contributed by atoms with van der Waals surface area (Å²) in [5.41, 5.74) is 1.77. The Hall–Kier alpha value is -0.650. The van der Waals surface area contributed by atoms with Gasteiger partial charge in [-0.1, -0.05) is 5.21 Å². The van der Waals surface area contributed by atoms with Crippen molar-refractivity contribution in [3.63, 3.8) is 0 Å². The molecule has 0 amide bonds. The summed E-state index contributed by atoms with van der Waals surface area (Å²) in [4.78, 5) is 2.53. The van der Waals surface area contributed by atoms with Crippen LogP contribution in [0.4, 0.5) is 0 Å². The highest BCUT2D eigenvalue weighted by Crippen LogP contribution is 2.36. The van der Waals surface area contributed by atoms with E-state index in [2.05, 4.69) is 20.5 Å². The van der Waals surface area contributed by atoms with Crippen molar-refractivity contribution in [2.45, 2.75) is 19.4 Å². The fourth-order valence-electron chi connectivity index (χ4n) is 2.99. The van der Waals surface area contributed by atoms with Gasteiger partial charge in [0.25, 0.3) is 0 Å². The van der Waals surface area contributed by atoms with E-state index < -0.39 is 0 Å². The van der Waals surface area contributed by atoms with Gasteiger partial charge in [-0.2, -0.15) is 0 Å². The quantitative estimate of drug-likeness (QED) is 0.834. The first-order valence-corrected chi connectivity index (χ1v) is 6.04. The Balaban J connectivity index is 0.00000108. The summed E-state index contributed by atoms with van der Waals surface area (Å²) >= 11 is 0. The van der Waals surface area contributed by atoms with Crippen molar-refractivity contribution in [1.82, 2.24) is 25.2 Å². The summed E-state index contributed by atoms with van der Waals surface area (Å²) in [6.07, 6.45) is 4.55. The van der Waals surface area contributed by atoms with Gasteiger partial charge in [0.05, 0.1) is 11.9 Å². The maximum Gasteiger partial charge on any atom is 0.0738 e. The van der Waals surface area contributed by atoms with Crippen LogP contribution in [0.2, 0.25) is 0 Å². The Morgan fingerprint density at radius 2 is 2.35 bits per heavy atom. The van der Waals surface area contributed by atoms with Crippen molar-refractivity contribution >= 4 is 12.4 Å². The zero-order chi connectivity index (χ0) is 11.0. The highest BCUT2D eigenvalue weighted by molar-refractivity contribution is 5.85. The smallest absolute Gasteiger partial charge is 0.0738 e.